The van der Waals surface area contributed by atoms with Crippen LogP contribution in [-0.4, -0.2) is 10.7 Å². The Kier molecular flexibility index (Phi) is 1.98. The van der Waals surface area contributed by atoms with E-state index in [2.05, 4.69) is 27.7 Å². The van der Waals surface area contributed by atoms with Crippen molar-refractivity contribution >= 4 is 0 Å². The molecule has 3 aliphatic rings. The molecular weight excluding hydrogens is 196 g/mol. The minimum atomic E-state index is -0.434. The second-order valence-electron chi connectivity index (χ2n) is 7.13. The van der Waals surface area contributed by atoms with Gasteiger partial charge in [-0.25, -0.2) is 0 Å². The van der Waals surface area contributed by atoms with Crippen LogP contribution in [0.15, 0.2) is 11.1 Å². The molecule has 0 aliphatic heterocycles. The van der Waals surface area contributed by atoms with Gasteiger partial charge in [0.15, 0.2) is 0 Å². The molecule has 1 heteroatoms. The van der Waals surface area contributed by atoms with Gasteiger partial charge in [-0.1, -0.05) is 25.0 Å². The van der Waals surface area contributed by atoms with E-state index in [1.807, 2.05) is 0 Å². The van der Waals surface area contributed by atoms with Crippen molar-refractivity contribution in [3.63, 3.8) is 0 Å². The highest BCUT2D eigenvalue weighted by atomic mass is 16.3. The summed E-state index contributed by atoms with van der Waals surface area (Å²) in [5.74, 6) is 2.09. The quantitative estimate of drug-likeness (QED) is 0.619. The zero-order valence-electron chi connectivity index (χ0n) is 11.0. The first kappa shape index (κ1) is 10.8. The molecule has 0 heterocycles. The van der Waals surface area contributed by atoms with Gasteiger partial charge in [-0.05, 0) is 56.8 Å². The lowest BCUT2D eigenvalue weighted by atomic mass is 9.79. The molecule has 0 unspecified atom stereocenters. The summed E-state index contributed by atoms with van der Waals surface area (Å²) in [6.45, 7) is 9.19. The second kappa shape index (κ2) is 2.93. The summed E-state index contributed by atoms with van der Waals surface area (Å²) in [7, 11) is 0. The maximum absolute atomic E-state index is 10.6. The Morgan fingerprint density at radius 2 is 1.88 bits per heavy atom. The smallest absolute Gasteiger partial charge is 0.0685 e. The lowest BCUT2D eigenvalue weighted by molar-refractivity contribution is 0.00354. The highest BCUT2D eigenvalue weighted by molar-refractivity contribution is 5.36. The Labute approximate surface area is 98.9 Å². The van der Waals surface area contributed by atoms with Gasteiger partial charge in [-0.15, -0.1) is 0 Å². The molecule has 3 rings (SSSR count). The molecule has 1 nitrogen and oxygen atoms in total. The van der Waals surface area contributed by atoms with E-state index < -0.39 is 5.60 Å². The lowest BCUT2D eigenvalue weighted by Crippen LogP contribution is -2.34. The standard InChI is InChI=1S/C15H24O/c1-9-5-6-10-12(9)13-11(14(13,2)3)7-8-15(10,4)16/h10-11,13,16H,5-8H2,1-4H3/t10-,11-,13-,15+/m1/s1. The Morgan fingerprint density at radius 3 is 2.56 bits per heavy atom. The molecule has 2 saturated carbocycles. The molecule has 0 aromatic heterocycles. The fraction of sp³-hybridized carbons (Fsp3) is 0.867. The van der Waals surface area contributed by atoms with E-state index >= 15 is 0 Å². The predicted octanol–water partition coefficient (Wildman–Crippen LogP) is 3.53. The van der Waals surface area contributed by atoms with Crippen molar-refractivity contribution in [2.24, 2.45) is 23.2 Å². The van der Waals surface area contributed by atoms with Gasteiger partial charge in [0.2, 0.25) is 0 Å². The molecule has 0 radical (unpaired) electrons. The van der Waals surface area contributed by atoms with Crippen molar-refractivity contribution < 1.29 is 5.11 Å². The Balaban J connectivity index is 2.03. The third kappa shape index (κ3) is 1.21. The van der Waals surface area contributed by atoms with E-state index in [1.165, 1.54) is 19.3 Å². The van der Waals surface area contributed by atoms with Crippen LogP contribution in [0, 0.1) is 23.2 Å². The van der Waals surface area contributed by atoms with Crippen LogP contribution >= 0.6 is 0 Å². The van der Waals surface area contributed by atoms with Gasteiger partial charge in [0.25, 0.3) is 0 Å². The molecule has 0 aromatic rings. The van der Waals surface area contributed by atoms with E-state index in [9.17, 15) is 5.11 Å². The molecule has 90 valence electrons. The Hall–Kier alpha value is -0.300. The number of aliphatic hydroxyl groups is 1. The molecule has 1 N–H and O–H groups in total. The first-order valence-electron chi connectivity index (χ1n) is 6.77. The molecule has 0 saturated heterocycles. The van der Waals surface area contributed by atoms with Crippen molar-refractivity contribution in [1.82, 2.24) is 0 Å². The number of fused-ring (bicyclic) bond motifs is 3. The van der Waals surface area contributed by atoms with Gasteiger partial charge in [0.1, 0.15) is 0 Å². The summed E-state index contributed by atoms with van der Waals surface area (Å²) >= 11 is 0. The summed E-state index contributed by atoms with van der Waals surface area (Å²) in [4.78, 5) is 0. The molecule has 3 aliphatic carbocycles. The van der Waals surface area contributed by atoms with Crippen LogP contribution in [0.25, 0.3) is 0 Å². The van der Waals surface area contributed by atoms with Crippen molar-refractivity contribution in [3.05, 3.63) is 11.1 Å². The molecule has 0 aromatic carbocycles. The van der Waals surface area contributed by atoms with Crippen LogP contribution in [0.5, 0.6) is 0 Å². The summed E-state index contributed by atoms with van der Waals surface area (Å²) in [6, 6.07) is 0. The van der Waals surface area contributed by atoms with E-state index in [-0.39, 0.29) is 0 Å². The molecule has 16 heavy (non-hydrogen) atoms. The van der Waals surface area contributed by atoms with E-state index in [0.29, 0.717) is 11.3 Å². The third-order valence-corrected chi connectivity index (χ3v) is 5.77. The van der Waals surface area contributed by atoms with Gasteiger partial charge in [0, 0.05) is 5.92 Å². The van der Waals surface area contributed by atoms with Crippen LogP contribution in [0.4, 0.5) is 0 Å². The van der Waals surface area contributed by atoms with Gasteiger partial charge < -0.3 is 5.11 Å². The van der Waals surface area contributed by atoms with Crippen LogP contribution < -0.4 is 0 Å². The number of allylic oxidation sites excluding steroid dienone is 1. The molecule has 0 spiro atoms. The molecule has 2 fully saturated rings. The molecule has 0 bridgehead atoms. The Bertz CT molecular complexity index is 362. The first-order valence-corrected chi connectivity index (χ1v) is 6.77. The van der Waals surface area contributed by atoms with Crippen molar-refractivity contribution in [2.45, 2.75) is 59.0 Å². The molecule has 4 atom stereocenters. The fourth-order valence-electron chi connectivity index (χ4n) is 4.61. The minimum absolute atomic E-state index is 0.434. The normalized spacial score (nSPS) is 49.7. The number of rotatable bonds is 0. The molecular formula is C15H24O. The van der Waals surface area contributed by atoms with E-state index in [1.54, 1.807) is 11.1 Å². The van der Waals surface area contributed by atoms with Crippen molar-refractivity contribution in [2.75, 3.05) is 0 Å². The lowest BCUT2D eigenvalue weighted by Gasteiger charge is -2.32. The summed E-state index contributed by atoms with van der Waals surface area (Å²) in [6.07, 6.45) is 4.62. The largest absolute Gasteiger partial charge is 0.390 e. The highest BCUT2D eigenvalue weighted by Gasteiger charge is 2.63. The summed E-state index contributed by atoms with van der Waals surface area (Å²) in [5.41, 5.74) is 3.32. The average Bonchev–Trinajstić information content (AvgIpc) is 2.51. The zero-order chi connectivity index (χ0) is 11.7. The predicted molar refractivity (Wildman–Crippen MR) is 66.0 cm³/mol. The molecule has 0 amide bonds. The highest BCUT2D eigenvalue weighted by Crippen LogP contribution is 2.69. The number of hydrogen-bond acceptors (Lipinski definition) is 1. The summed E-state index contributed by atoms with van der Waals surface area (Å²) in [5, 5.41) is 10.6. The first-order chi connectivity index (χ1) is 7.36. The monoisotopic (exact) mass is 220 g/mol. The zero-order valence-corrected chi connectivity index (χ0v) is 11.0. The SMILES string of the molecule is CC1=C2[C@@H](CC1)[C@@](C)(O)CC[C@@H]1[C@H]2C1(C)C. The van der Waals surface area contributed by atoms with Crippen LogP contribution in [0.3, 0.4) is 0 Å². The van der Waals surface area contributed by atoms with Gasteiger partial charge in [0.05, 0.1) is 5.60 Å². The van der Waals surface area contributed by atoms with Crippen molar-refractivity contribution in [3.8, 4) is 0 Å². The van der Waals surface area contributed by atoms with Gasteiger partial charge >= 0.3 is 0 Å². The maximum Gasteiger partial charge on any atom is 0.0685 e. The topological polar surface area (TPSA) is 20.2 Å². The fourth-order valence-corrected chi connectivity index (χ4v) is 4.61. The van der Waals surface area contributed by atoms with Crippen LogP contribution in [0.1, 0.15) is 53.4 Å². The maximum atomic E-state index is 10.6. The minimum Gasteiger partial charge on any atom is -0.390 e. The van der Waals surface area contributed by atoms with E-state index in [4.69, 9.17) is 0 Å². The third-order valence-electron chi connectivity index (χ3n) is 5.77. The van der Waals surface area contributed by atoms with Gasteiger partial charge in [-0.2, -0.15) is 0 Å². The second-order valence-corrected chi connectivity index (χ2v) is 7.13. The van der Waals surface area contributed by atoms with E-state index in [0.717, 1.165) is 18.3 Å². The van der Waals surface area contributed by atoms with Gasteiger partial charge in [-0.3, -0.25) is 0 Å². The average molecular weight is 220 g/mol. The van der Waals surface area contributed by atoms with Crippen LogP contribution in [0.2, 0.25) is 0 Å². The number of hydrogen-bond donors (Lipinski definition) is 1. The Morgan fingerprint density at radius 1 is 1.19 bits per heavy atom. The van der Waals surface area contributed by atoms with Crippen molar-refractivity contribution in [1.29, 1.82) is 0 Å². The van der Waals surface area contributed by atoms with Crippen LogP contribution in [-0.2, 0) is 0 Å². The summed E-state index contributed by atoms with van der Waals surface area (Å²) < 4.78 is 0.